The summed E-state index contributed by atoms with van der Waals surface area (Å²) in [4.78, 5) is 32.2. The van der Waals surface area contributed by atoms with Crippen molar-refractivity contribution < 1.29 is 24.2 Å². The Labute approximate surface area is 197 Å². The van der Waals surface area contributed by atoms with E-state index in [4.69, 9.17) is 9.47 Å². The minimum absolute atomic E-state index is 0.0278. The molecule has 2 aliphatic heterocycles. The summed E-state index contributed by atoms with van der Waals surface area (Å²) in [5.74, 6) is -0.590. The lowest BCUT2D eigenvalue weighted by Gasteiger charge is -2.26. The molecule has 2 aliphatic rings. The second-order valence-electron chi connectivity index (χ2n) is 8.50. The van der Waals surface area contributed by atoms with Crippen molar-refractivity contribution in [1.82, 2.24) is 9.88 Å². The van der Waals surface area contributed by atoms with Crippen LogP contribution in [0.15, 0.2) is 66.5 Å². The molecule has 1 amide bonds. The van der Waals surface area contributed by atoms with Crippen LogP contribution < -0.4 is 9.47 Å². The fraction of sp³-hybridized carbons (Fsp3) is 0.222. The summed E-state index contributed by atoms with van der Waals surface area (Å²) in [6.45, 7) is 5.03. The number of rotatable bonds is 4. The Hall–Kier alpha value is -4.13. The molecule has 1 unspecified atom stereocenters. The molecule has 5 rings (SSSR count). The first-order chi connectivity index (χ1) is 16.4. The van der Waals surface area contributed by atoms with Gasteiger partial charge in [-0.15, -0.1) is 0 Å². The average molecular weight is 456 g/mol. The smallest absolute Gasteiger partial charge is 0.295 e. The number of likely N-dealkylation sites (tertiary alicyclic amines) is 1. The van der Waals surface area contributed by atoms with Crippen molar-refractivity contribution in [2.45, 2.75) is 26.4 Å². The number of hydrogen-bond acceptors (Lipinski definition) is 6. The van der Waals surface area contributed by atoms with Gasteiger partial charge in [-0.25, -0.2) is 0 Å². The third kappa shape index (κ3) is 3.79. The van der Waals surface area contributed by atoms with Gasteiger partial charge in [0.2, 0.25) is 0 Å². The number of aliphatic hydroxyl groups excluding tert-OH is 1. The molecule has 3 aromatic rings. The van der Waals surface area contributed by atoms with Crippen LogP contribution in [-0.4, -0.2) is 39.9 Å². The van der Waals surface area contributed by atoms with E-state index in [1.807, 2.05) is 32.0 Å². The molecule has 7 nitrogen and oxygen atoms in total. The van der Waals surface area contributed by atoms with Gasteiger partial charge in [-0.2, -0.15) is 0 Å². The van der Waals surface area contributed by atoms with Crippen molar-refractivity contribution in [2.75, 3.05) is 13.2 Å². The van der Waals surface area contributed by atoms with Gasteiger partial charge in [0.15, 0.2) is 11.5 Å². The maximum Gasteiger partial charge on any atom is 0.295 e. The lowest BCUT2D eigenvalue weighted by Crippen LogP contribution is -2.29. The molecule has 2 aromatic carbocycles. The van der Waals surface area contributed by atoms with Crippen LogP contribution in [0, 0.1) is 13.8 Å². The second kappa shape index (κ2) is 8.67. The quantitative estimate of drug-likeness (QED) is 0.361. The zero-order chi connectivity index (χ0) is 23.8. The van der Waals surface area contributed by atoms with Gasteiger partial charge in [0.05, 0.1) is 11.6 Å². The Morgan fingerprint density at radius 2 is 1.85 bits per heavy atom. The number of aliphatic hydroxyl groups is 1. The first-order valence-electron chi connectivity index (χ1n) is 11.1. The van der Waals surface area contributed by atoms with Crippen molar-refractivity contribution >= 4 is 17.4 Å². The van der Waals surface area contributed by atoms with E-state index in [1.165, 1.54) is 4.90 Å². The molecule has 1 saturated heterocycles. The molecule has 3 heterocycles. The van der Waals surface area contributed by atoms with Crippen LogP contribution in [0.2, 0.25) is 0 Å². The number of fused-ring (bicyclic) bond motifs is 1. The number of hydrogen-bond donors (Lipinski definition) is 1. The van der Waals surface area contributed by atoms with Crippen LogP contribution in [-0.2, 0) is 16.1 Å². The highest BCUT2D eigenvalue weighted by Gasteiger charge is 2.46. The Morgan fingerprint density at radius 1 is 1.06 bits per heavy atom. The maximum absolute atomic E-state index is 13.3. The van der Waals surface area contributed by atoms with E-state index in [-0.39, 0.29) is 17.9 Å². The number of carbonyl (C=O) groups is 2. The van der Waals surface area contributed by atoms with Gasteiger partial charge in [0.25, 0.3) is 11.7 Å². The number of ketones is 1. The Morgan fingerprint density at radius 3 is 2.62 bits per heavy atom. The van der Waals surface area contributed by atoms with Crippen LogP contribution in [0.4, 0.5) is 0 Å². The Bertz CT molecular complexity index is 1320. The number of aryl methyl sites for hydroxylation is 2. The Balaban J connectivity index is 1.63. The number of Topliss-reactive ketones (excluding diaryl/α,β-unsaturated/α-hetero) is 1. The summed E-state index contributed by atoms with van der Waals surface area (Å²) in [5.41, 5.74) is 4.07. The third-order valence-corrected chi connectivity index (χ3v) is 6.20. The Kier molecular flexibility index (Phi) is 5.53. The van der Waals surface area contributed by atoms with E-state index in [2.05, 4.69) is 4.98 Å². The molecule has 34 heavy (non-hydrogen) atoms. The molecule has 0 aliphatic carbocycles. The lowest BCUT2D eigenvalue weighted by molar-refractivity contribution is -0.140. The van der Waals surface area contributed by atoms with Crippen molar-refractivity contribution in [3.8, 4) is 11.5 Å². The van der Waals surface area contributed by atoms with Gasteiger partial charge < -0.3 is 19.5 Å². The molecule has 1 N–H and O–H groups in total. The SMILES string of the molecule is Cc1ccc(C)c(CN2C(=O)C(=O)/C(=C(\O)c3ccc4c(c3)OCCO4)C2c2cccnc2)c1. The number of nitrogens with zero attached hydrogens (tertiary/aromatic N) is 2. The van der Waals surface area contributed by atoms with Crippen LogP contribution in [0.1, 0.15) is 33.9 Å². The molecular formula is C27H24N2O5. The van der Waals surface area contributed by atoms with E-state index >= 15 is 0 Å². The largest absolute Gasteiger partial charge is 0.507 e. The first-order valence-corrected chi connectivity index (χ1v) is 11.1. The fourth-order valence-corrected chi connectivity index (χ4v) is 4.43. The normalized spacial score (nSPS) is 18.9. The van der Waals surface area contributed by atoms with Crippen molar-refractivity contribution in [2.24, 2.45) is 0 Å². The summed E-state index contributed by atoms with van der Waals surface area (Å²) in [5, 5.41) is 11.3. The molecule has 0 bridgehead atoms. The predicted molar refractivity (Wildman–Crippen MR) is 125 cm³/mol. The topological polar surface area (TPSA) is 89.0 Å². The average Bonchev–Trinajstić information content (AvgIpc) is 3.11. The molecule has 0 saturated carbocycles. The van der Waals surface area contributed by atoms with Crippen LogP contribution in [0.3, 0.4) is 0 Å². The summed E-state index contributed by atoms with van der Waals surface area (Å²) in [6.07, 6.45) is 3.24. The van der Waals surface area contributed by atoms with E-state index < -0.39 is 17.7 Å². The van der Waals surface area contributed by atoms with E-state index in [0.29, 0.717) is 35.8 Å². The molecule has 0 radical (unpaired) electrons. The van der Waals surface area contributed by atoms with Crippen LogP contribution >= 0.6 is 0 Å². The molecule has 7 heteroatoms. The van der Waals surface area contributed by atoms with Gasteiger partial charge >= 0.3 is 0 Å². The highest BCUT2D eigenvalue weighted by atomic mass is 16.6. The lowest BCUT2D eigenvalue weighted by atomic mass is 9.95. The monoisotopic (exact) mass is 456 g/mol. The van der Waals surface area contributed by atoms with Gasteiger partial charge in [-0.05, 0) is 54.8 Å². The van der Waals surface area contributed by atoms with Crippen molar-refractivity contribution in [1.29, 1.82) is 0 Å². The third-order valence-electron chi connectivity index (χ3n) is 6.20. The van der Waals surface area contributed by atoms with Crippen molar-refractivity contribution in [3.63, 3.8) is 0 Å². The summed E-state index contributed by atoms with van der Waals surface area (Å²) in [6, 6.07) is 13.8. The number of ether oxygens (including phenoxy) is 2. The van der Waals surface area contributed by atoms with E-state index in [1.54, 1.807) is 42.7 Å². The van der Waals surface area contributed by atoms with E-state index in [0.717, 1.165) is 16.7 Å². The molecule has 1 aromatic heterocycles. The zero-order valence-electron chi connectivity index (χ0n) is 18.9. The van der Waals surface area contributed by atoms with Gasteiger partial charge in [-0.1, -0.05) is 29.8 Å². The van der Waals surface area contributed by atoms with Gasteiger partial charge in [-0.3, -0.25) is 14.6 Å². The van der Waals surface area contributed by atoms with E-state index in [9.17, 15) is 14.7 Å². The highest BCUT2D eigenvalue weighted by molar-refractivity contribution is 6.46. The first kappa shape index (κ1) is 21.7. The minimum Gasteiger partial charge on any atom is -0.507 e. The number of benzene rings is 2. The summed E-state index contributed by atoms with van der Waals surface area (Å²) in [7, 11) is 0. The van der Waals surface area contributed by atoms with Gasteiger partial charge in [0.1, 0.15) is 19.0 Å². The highest BCUT2D eigenvalue weighted by Crippen LogP contribution is 2.41. The maximum atomic E-state index is 13.3. The molecular weight excluding hydrogens is 432 g/mol. The molecule has 1 atom stereocenters. The van der Waals surface area contributed by atoms with Crippen LogP contribution in [0.25, 0.3) is 5.76 Å². The predicted octanol–water partition coefficient (Wildman–Crippen LogP) is 4.09. The zero-order valence-corrected chi connectivity index (χ0v) is 18.9. The standard InChI is InChI=1S/C27H24N2O5/c1-16-5-6-17(2)20(12-16)15-29-24(19-4-3-9-28-14-19)23(26(31)27(29)32)25(30)18-7-8-21-22(13-18)34-11-10-33-21/h3-9,12-14,24,30H,10-11,15H2,1-2H3/b25-23-. The van der Waals surface area contributed by atoms with Crippen molar-refractivity contribution in [3.05, 3.63) is 94.3 Å². The van der Waals surface area contributed by atoms with Gasteiger partial charge in [0, 0.05) is 24.5 Å². The number of amides is 1. The molecule has 1 fully saturated rings. The minimum atomic E-state index is -0.776. The second-order valence-corrected chi connectivity index (χ2v) is 8.50. The van der Waals surface area contributed by atoms with Crippen LogP contribution in [0.5, 0.6) is 11.5 Å². The number of carbonyl (C=O) groups excluding carboxylic acids is 2. The summed E-state index contributed by atoms with van der Waals surface area (Å²) >= 11 is 0. The number of pyridine rings is 1. The molecule has 172 valence electrons. The fourth-order valence-electron chi connectivity index (χ4n) is 4.43. The summed E-state index contributed by atoms with van der Waals surface area (Å²) < 4.78 is 11.2. The number of aromatic nitrogens is 1. The molecule has 0 spiro atoms.